The number of pyridine rings is 1. The molecule has 3 heterocycles. The van der Waals surface area contributed by atoms with Gasteiger partial charge >= 0.3 is 0 Å². The van der Waals surface area contributed by atoms with Crippen LogP contribution in [0.5, 0.6) is 0 Å². The fourth-order valence-corrected chi connectivity index (χ4v) is 7.23. The molecule has 0 spiro atoms. The maximum Gasteiger partial charge on any atom is 0.239 e. The summed E-state index contributed by atoms with van der Waals surface area (Å²) in [5.41, 5.74) is 3.70. The molecule has 4 aromatic rings. The standard InChI is InChI=1S/C39H49N5O6/c1-39(2,3)42-37(49)33-23-43(22-31-18-29-16-26(24-45)20-40-38(29)50-31)13-14-44(33)21-30(46)17-28(15-25-9-5-4-6-10-25)36(48)41-35-32-12-8-7-11-27(32)19-34(35)47/h4-12,16,18,20,28,30,33-35,45-47H,13-15,17,19,21-24H2,1-3H3,(H,41,48)(H,42,49)/t28-,30-,33-,34+,35-/m0/s1. The van der Waals surface area contributed by atoms with Gasteiger partial charge in [-0.2, -0.15) is 0 Å². The van der Waals surface area contributed by atoms with E-state index in [9.17, 15) is 24.9 Å². The number of carbonyl (C=O) groups is 2. The van der Waals surface area contributed by atoms with E-state index in [0.717, 1.165) is 27.8 Å². The van der Waals surface area contributed by atoms with Crippen molar-refractivity contribution in [1.82, 2.24) is 25.4 Å². The van der Waals surface area contributed by atoms with Crippen LogP contribution < -0.4 is 10.6 Å². The smallest absolute Gasteiger partial charge is 0.239 e. The normalized spacial score (nSPS) is 21.1. The molecule has 0 bridgehead atoms. The van der Waals surface area contributed by atoms with Gasteiger partial charge < -0.3 is 30.4 Å². The van der Waals surface area contributed by atoms with Gasteiger partial charge in [-0.25, -0.2) is 4.98 Å². The number of fused-ring (bicyclic) bond motifs is 2. The third-order valence-corrected chi connectivity index (χ3v) is 9.62. The predicted octanol–water partition coefficient (Wildman–Crippen LogP) is 3.11. The highest BCUT2D eigenvalue weighted by molar-refractivity contribution is 5.83. The van der Waals surface area contributed by atoms with Gasteiger partial charge in [0, 0.05) is 55.6 Å². The summed E-state index contributed by atoms with van der Waals surface area (Å²) in [6, 6.07) is 20.2. The molecule has 6 rings (SSSR count). The first-order valence-corrected chi connectivity index (χ1v) is 17.5. The summed E-state index contributed by atoms with van der Waals surface area (Å²) in [5.74, 6) is -0.174. The Kier molecular flexibility index (Phi) is 11.0. The fraction of sp³-hybridized carbons (Fsp3) is 0.462. The Balaban J connectivity index is 1.15. The molecule has 2 amide bonds. The Morgan fingerprint density at radius 1 is 1.04 bits per heavy atom. The van der Waals surface area contributed by atoms with Crippen LogP contribution in [0.15, 0.2) is 77.3 Å². The van der Waals surface area contributed by atoms with E-state index >= 15 is 0 Å². The SMILES string of the molecule is CC(C)(C)NC(=O)[C@@H]1CN(Cc2cc3cc(CO)cnc3o2)CCN1C[C@@H](O)C[C@H](Cc1ccccc1)C(=O)N[C@H]1c2ccccc2C[C@H]1O. The minimum atomic E-state index is -0.881. The fourth-order valence-electron chi connectivity index (χ4n) is 7.23. The molecule has 1 fully saturated rings. The second-order valence-corrected chi connectivity index (χ2v) is 14.8. The van der Waals surface area contributed by atoms with Crippen LogP contribution in [0.25, 0.3) is 11.1 Å². The van der Waals surface area contributed by atoms with Crippen molar-refractivity contribution in [3.63, 3.8) is 0 Å². The van der Waals surface area contributed by atoms with E-state index in [1.54, 1.807) is 6.20 Å². The topological polar surface area (TPSA) is 151 Å². The summed E-state index contributed by atoms with van der Waals surface area (Å²) in [5, 5.41) is 38.9. The number of piperazine rings is 1. The average Bonchev–Trinajstić information content (AvgIpc) is 3.63. The first kappa shape index (κ1) is 35.7. The van der Waals surface area contributed by atoms with E-state index in [1.807, 2.05) is 92.4 Å². The Hall–Kier alpha value is -4.13. The quantitative estimate of drug-likeness (QED) is 0.152. The second-order valence-electron chi connectivity index (χ2n) is 14.8. The molecular formula is C39H49N5O6. The number of nitrogens with zero attached hydrogens (tertiary/aromatic N) is 3. The summed E-state index contributed by atoms with van der Waals surface area (Å²) in [6.07, 6.45) is 1.11. The third kappa shape index (κ3) is 8.77. The van der Waals surface area contributed by atoms with E-state index in [4.69, 9.17) is 4.42 Å². The Labute approximate surface area is 293 Å². The number of carbonyl (C=O) groups excluding carboxylic acids is 2. The molecule has 0 saturated carbocycles. The van der Waals surface area contributed by atoms with Gasteiger partial charge in [0.05, 0.1) is 31.4 Å². The van der Waals surface area contributed by atoms with E-state index in [0.29, 0.717) is 50.3 Å². The van der Waals surface area contributed by atoms with Crippen molar-refractivity contribution in [3.05, 3.63) is 101 Å². The molecule has 266 valence electrons. The van der Waals surface area contributed by atoms with Crippen molar-refractivity contribution in [3.8, 4) is 0 Å². The lowest BCUT2D eigenvalue weighted by molar-refractivity contribution is -0.132. The predicted molar refractivity (Wildman–Crippen MR) is 190 cm³/mol. The molecule has 1 aliphatic heterocycles. The van der Waals surface area contributed by atoms with Crippen molar-refractivity contribution in [2.45, 2.75) is 83.0 Å². The zero-order chi connectivity index (χ0) is 35.4. The van der Waals surface area contributed by atoms with Gasteiger partial charge in [-0.1, -0.05) is 54.6 Å². The number of hydrogen-bond acceptors (Lipinski definition) is 9. The average molecular weight is 684 g/mol. The lowest BCUT2D eigenvalue weighted by Gasteiger charge is -2.42. The zero-order valence-electron chi connectivity index (χ0n) is 29.1. The van der Waals surface area contributed by atoms with Gasteiger partial charge in [0.2, 0.25) is 17.5 Å². The lowest BCUT2D eigenvalue weighted by atomic mass is 9.91. The third-order valence-electron chi connectivity index (χ3n) is 9.62. The van der Waals surface area contributed by atoms with Crippen LogP contribution in [0.1, 0.15) is 61.2 Å². The summed E-state index contributed by atoms with van der Waals surface area (Å²) < 4.78 is 5.98. The number of aromatic nitrogens is 1. The number of hydrogen-bond donors (Lipinski definition) is 5. The maximum atomic E-state index is 13.9. The van der Waals surface area contributed by atoms with E-state index < -0.39 is 35.7 Å². The van der Waals surface area contributed by atoms with E-state index in [1.165, 1.54) is 0 Å². The molecule has 11 nitrogen and oxygen atoms in total. The van der Waals surface area contributed by atoms with Crippen LogP contribution in [-0.2, 0) is 35.6 Å². The van der Waals surface area contributed by atoms with Crippen molar-refractivity contribution in [2.75, 3.05) is 26.2 Å². The van der Waals surface area contributed by atoms with Crippen LogP contribution in [0.2, 0.25) is 0 Å². The van der Waals surface area contributed by atoms with Crippen molar-refractivity contribution in [2.24, 2.45) is 5.92 Å². The number of furan rings is 1. The maximum absolute atomic E-state index is 13.9. The number of aliphatic hydroxyl groups excluding tert-OH is 3. The summed E-state index contributed by atoms with van der Waals surface area (Å²) in [7, 11) is 0. The van der Waals surface area contributed by atoms with Gasteiger partial charge in [0.1, 0.15) is 11.8 Å². The molecule has 11 heteroatoms. The van der Waals surface area contributed by atoms with Crippen molar-refractivity contribution >= 4 is 22.9 Å². The largest absolute Gasteiger partial charge is 0.441 e. The first-order valence-electron chi connectivity index (χ1n) is 17.5. The Morgan fingerprint density at radius 2 is 1.80 bits per heavy atom. The molecule has 2 aromatic carbocycles. The zero-order valence-corrected chi connectivity index (χ0v) is 29.1. The summed E-state index contributed by atoms with van der Waals surface area (Å²) >= 11 is 0. The van der Waals surface area contributed by atoms with E-state index in [2.05, 4.69) is 20.5 Å². The van der Waals surface area contributed by atoms with Crippen LogP contribution in [0.4, 0.5) is 0 Å². The lowest BCUT2D eigenvalue weighted by Crippen LogP contribution is -2.61. The molecular weight excluding hydrogens is 634 g/mol. The van der Waals surface area contributed by atoms with Crippen LogP contribution in [0, 0.1) is 5.92 Å². The van der Waals surface area contributed by atoms with Gasteiger partial charge in [-0.05, 0) is 68.0 Å². The Bertz CT molecular complexity index is 1770. The van der Waals surface area contributed by atoms with Crippen LogP contribution >= 0.6 is 0 Å². The summed E-state index contributed by atoms with van der Waals surface area (Å²) in [4.78, 5) is 36.1. The van der Waals surface area contributed by atoms with Crippen molar-refractivity contribution in [1.29, 1.82) is 0 Å². The minimum Gasteiger partial charge on any atom is -0.441 e. The van der Waals surface area contributed by atoms with Crippen molar-refractivity contribution < 1.29 is 29.3 Å². The highest BCUT2D eigenvalue weighted by Gasteiger charge is 2.37. The highest BCUT2D eigenvalue weighted by atomic mass is 16.3. The molecule has 0 radical (unpaired) electrons. The van der Waals surface area contributed by atoms with Crippen LogP contribution in [-0.4, -0.2) is 91.9 Å². The molecule has 0 unspecified atom stereocenters. The van der Waals surface area contributed by atoms with E-state index in [-0.39, 0.29) is 31.4 Å². The monoisotopic (exact) mass is 683 g/mol. The van der Waals surface area contributed by atoms with Crippen LogP contribution in [0.3, 0.4) is 0 Å². The second kappa shape index (κ2) is 15.4. The van der Waals surface area contributed by atoms with Gasteiger partial charge in [0.25, 0.3) is 0 Å². The molecule has 1 saturated heterocycles. The molecule has 2 aliphatic rings. The molecule has 1 aliphatic carbocycles. The molecule has 50 heavy (non-hydrogen) atoms. The Morgan fingerprint density at radius 3 is 2.56 bits per heavy atom. The van der Waals surface area contributed by atoms with Gasteiger partial charge in [0.15, 0.2) is 0 Å². The molecule has 5 atom stereocenters. The number of benzene rings is 2. The first-order chi connectivity index (χ1) is 24.0. The number of rotatable bonds is 12. The number of β-amino-alcohol motifs (C(OH)–C–C–N with tert-alkyl or cyclic N) is 1. The van der Waals surface area contributed by atoms with Gasteiger partial charge in [-0.15, -0.1) is 0 Å². The number of amides is 2. The van der Waals surface area contributed by atoms with Gasteiger partial charge in [-0.3, -0.25) is 19.4 Å². The number of nitrogens with one attached hydrogen (secondary N) is 2. The minimum absolute atomic E-state index is 0.0995. The highest BCUT2D eigenvalue weighted by Crippen LogP contribution is 2.32. The molecule has 2 aromatic heterocycles. The number of aliphatic hydroxyl groups is 3. The molecule has 5 N–H and O–H groups in total. The summed E-state index contributed by atoms with van der Waals surface area (Å²) in [6.45, 7) is 8.04.